The smallest absolute Gasteiger partial charge is 0.0572 e. The Balaban J connectivity index is 2.10. The number of hydrogen-bond acceptors (Lipinski definition) is 3. The van der Waals surface area contributed by atoms with Crippen LogP contribution < -0.4 is 5.48 Å². The van der Waals surface area contributed by atoms with Crippen molar-refractivity contribution in [3.05, 3.63) is 35.4 Å². The van der Waals surface area contributed by atoms with Gasteiger partial charge in [-0.1, -0.05) is 24.3 Å². The maximum absolute atomic E-state index is 5.30. The van der Waals surface area contributed by atoms with Crippen molar-refractivity contribution in [3.63, 3.8) is 0 Å². The minimum Gasteiger partial charge on any atom is -0.384 e. The second-order valence-corrected chi connectivity index (χ2v) is 4.44. The summed E-state index contributed by atoms with van der Waals surface area (Å²) < 4.78 is 5.30. The number of hydroxylamine groups is 1. The van der Waals surface area contributed by atoms with Gasteiger partial charge in [0.15, 0.2) is 0 Å². The lowest BCUT2D eigenvalue weighted by atomic mass is 9.95. The van der Waals surface area contributed by atoms with Crippen molar-refractivity contribution in [2.24, 2.45) is 0 Å². The van der Waals surface area contributed by atoms with Gasteiger partial charge in [-0.05, 0) is 24.0 Å². The highest BCUT2D eigenvalue weighted by molar-refractivity contribution is 5.34. The molecule has 1 N–H and O–H groups in total. The standard InChI is InChI=1S/C13H19NO2/c1-15-10-13(6-7-13)12-5-3-4-11(8-12)9-14-16-2/h3-5,8,14H,6-7,9-10H2,1-2H3. The summed E-state index contributed by atoms with van der Waals surface area (Å²) in [4.78, 5) is 4.86. The molecule has 1 saturated carbocycles. The number of ether oxygens (including phenoxy) is 1. The highest BCUT2D eigenvalue weighted by Crippen LogP contribution is 2.48. The van der Waals surface area contributed by atoms with Crippen LogP contribution in [0.2, 0.25) is 0 Å². The van der Waals surface area contributed by atoms with Crippen molar-refractivity contribution in [2.75, 3.05) is 20.8 Å². The molecule has 1 aromatic rings. The fourth-order valence-corrected chi connectivity index (χ4v) is 2.11. The molecule has 16 heavy (non-hydrogen) atoms. The van der Waals surface area contributed by atoms with Crippen LogP contribution in [-0.2, 0) is 21.5 Å². The molecule has 2 rings (SSSR count). The molecule has 3 heteroatoms. The third kappa shape index (κ3) is 2.43. The zero-order valence-electron chi connectivity index (χ0n) is 9.95. The monoisotopic (exact) mass is 221 g/mol. The SMILES string of the molecule is COCC1(c2cccc(CNOC)c2)CC1. The fourth-order valence-electron chi connectivity index (χ4n) is 2.11. The molecule has 0 aliphatic heterocycles. The molecule has 1 aliphatic rings. The van der Waals surface area contributed by atoms with Crippen LogP contribution in [0.25, 0.3) is 0 Å². The summed E-state index contributed by atoms with van der Waals surface area (Å²) in [6, 6.07) is 8.66. The van der Waals surface area contributed by atoms with E-state index >= 15 is 0 Å². The van der Waals surface area contributed by atoms with E-state index in [-0.39, 0.29) is 5.41 Å². The lowest BCUT2D eigenvalue weighted by Crippen LogP contribution is -2.15. The van der Waals surface area contributed by atoms with E-state index in [0.717, 1.165) is 13.2 Å². The number of rotatable bonds is 6. The van der Waals surface area contributed by atoms with Gasteiger partial charge in [-0.2, -0.15) is 5.48 Å². The molecular formula is C13H19NO2. The first-order valence-electron chi connectivity index (χ1n) is 5.65. The summed E-state index contributed by atoms with van der Waals surface area (Å²) in [7, 11) is 3.41. The predicted molar refractivity (Wildman–Crippen MR) is 63.1 cm³/mol. The second-order valence-electron chi connectivity index (χ2n) is 4.44. The van der Waals surface area contributed by atoms with Gasteiger partial charge >= 0.3 is 0 Å². The summed E-state index contributed by atoms with van der Waals surface area (Å²) in [6.45, 7) is 1.57. The maximum atomic E-state index is 5.30. The molecule has 1 aliphatic carbocycles. The molecule has 88 valence electrons. The number of methoxy groups -OCH3 is 1. The molecule has 0 amide bonds. The van der Waals surface area contributed by atoms with E-state index in [1.54, 1.807) is 14.2 Å². The van der Waals surface area contributed by atoms with E-state index in [1.165, 1.54) is 24.0 Å². The zero-order valence-corrected chi connectivity index (χ0v) is 9.95. The van der Waals surface area contributed by atoms with Crippen LogP contribution >= 0.6 is 0 Å². The highest BCUT2D eigenvalue weighted by Gasteiger charge is 2.44. The van der Waals surface area contributed by atoms with Gasteiger partial charge in [-0.3, -0.25) is 0 Å². The molecule has 0 saturated heterocycles. The molecule has 0 heterocycles. The van der Waals surface area contributed by atoms with E-state index in [0.29, 0.717) is 0 Å². The Hall–Kier alpha value is -0.900. The van der Waals surface area contributed by atoms with Crippen molar-refractivity contribution in [3.8, 4) is 0 Å². The summed E-state index contributed by atoms with van der Waals surface area (Å²) in [5.74, 6) is 0. The quantitative estimate of drug-likeness (QED) is 0.745. The normalized spacial score (nSPS) is 17.4. The molecule has 0 bridgehead atoms. The van der Waals surface area contributed by atoms with Crippen molar-refractivity contribution in [1.29, 1.82) is 0 Å². The van der Waals surface area contributed by atoms with Gasteiger partial charge in [0.2, 0.25) is 0 Å². The average Bonchev–Trinajstić information content (AvgIpc) is 3.08. The van der Waals surface area contributed by atoms with Crippen LogP contribution in [0.4, 0.5) is 0 Å². The van der Waals surface area contributed by atoms with Gasteiger partial charge in [0, 0.05) is 19.1 Å². The van der Waals surface area contributed by atoms with Gasteiger partial charge in [0.1, 0.15) is 0 Å². The third-order valence-electron chi connectivity index (χ3n) is 3.23. The topological polar surface area (TPSA) is 30.5 Å². The van der Waals surface area contributed by atoms with E-state index in [4.69, 9.17) is 9.57 Å². The highest BCUT2D eigenvalue weighted by atomic mass is 16.6. The molecule has 3 nitrogen and oxygen atoms in total. The van der Waals surface area contributed by atoms with E-state index in [1.807, 2.05) is 0 Å². The Morgan fingerprint density at radius 1 is 1.31 bits per heavy atom. The molecule has 0 aromatic heterocycles. The van der Waals surface area contributed by atoms with Gasteiger partial charge in [0.05, 0.1) is 13.7 Å². The van der Waals surface area contributed by atoms with Crippen molar-refractivity contribution >= 4 is 0 Å². The largest absolute Gasteiger partial charge is 0.384 e. The average molecular weight is 221 g/mol. The van der Waals surface area contributed by atoms with E-state index in [2.05, 4.69) is 29.7 Å². The molecule has 1 fully saturated rings. The Labute approximate surface area is 96.7 Å². The summed E-state index contributed by atoms with van der Waals surface area (Å²) >= 11 is 0. The number of nitrogens with one attached hydrogen (secondary N) is 1. The van der Waals surface area contributed by atoms with Crippen LogP contribution in [0, 0.1) is 0 Å². The molecule has 0 radical (unpaired) electrons. The molecule has 0 atom stereocenters. The minimum atomic E-state index is 0.290. The molecule has 0 spiro atoms. The van der Waals surface area contributed by atoms with Crippen LogP contribution in [0.3, 0.4) is 0 Å². The minimum absolute atomic E-state index is 0.290. The van der Waals surface area contributed by atoms with Gasteiger partial charge in [-0.15, -0.1) is 0 Å². The fraction of sp³-hybridized carbons (Fsp3) is 0.538. The van der Waals surface area contributed by atoms with Crippen molar-refractivity contribution in [1.82, 2.24) is 5.48 Å². The van der Waals surface area contributed by atoms with Crippen LogP contribution in [0.1, 0.15) is 24.0 Å². The summed E-state index contributed by atoms with van der Waals surface area (Å²) in [6.07, 6.45) is 2.48. The maximum Gasteiger partial charge on any atom is 0.0572 e. The second kappa shape index (κ2) is 4.95. The van der Waals surface area contributed by atoms with E-state index < -0.39 is 0 Å². The summed E-state index contributed by atoms with van der Waals surface area (Å²) in [5.41, 5.74) is 5.80. The third-order valence-corrected chi connectivity index (χ3v) is 3.23. The van der Waals surface area contributed by atoms with Gasteiger partial charge in [-0.25, -0.2) is 0 Å². The Morgan fingerprint density at radius 3 is 2.75 bits per heavy atom. The first kappa shape index (κ1) is 11.6. The number of benzene rings is 1. The Morgan fingerprint density at radius 2 is 2.12 bits per heavy atom. The zero-order chi connectivity index (χ0) is 11.4. The first-order chi connectivity index (χ1) is 7.80. The van der Waals surface area contributed by atoms with Crippen molar-refractivity contribution in [2.45, 2.75) is 24.8 Å². The Kier molecular flexibility index (Phi) is 3.59. The summed E-state index contributed by atoms with van der Waals surface area (Å²) in [5, 5.41) is 0. The van der Waals surface area contributed by atoms with Crippen LogP contribution in [0.5, 0.6) is 0 Å². The first-order valence-corrected chi connectivity index (χ1v) is 5.65. The lowest BCUT2D eigenvalue weighted by Gasteiger charge is -2.15. The lowest BCUT2D eigenvalue weighted by molar-refractivity contribution is 0.0867. The van der Waals surface area contributed by atoms with Crippen LogP contribution in [-0.4, -0.2) is 20.8 Å². The van der Waals surface area contributed by atoms with Crippen LogP contribution in [0.15, 0.2) is 24.3 Å². The number of hydrogen-bond donors (Lipinski definition) is 1. The van der Waals surface area contributed by atoms with E-state index in [9.17, 15) is 0 Å². The predicted octanol–water partition coefficient (Wildman–Crippen LogP) is 2.02. The molecular weight excluding hydrogens is 202 g/mol. The molecule has 0 unspecified atom stereocenters. The van der Waals surface area contributed by atoms with Crippen molar-refractivity contribution < 1.29 is 9.57 Å². The molecule has 1 aromatic carbocycles. The Bertz CT molecular complexity index is 348. The van der Waals surface area contributed by atoms with Gasteiger partial charge in [0.25, 0.3) is 0 Å². The van der Waals surface area contributed by atoms with Gasteiger partial charge < -0.3 is 9.57 Å².